The molecule has 28 heavy (non-hydrogen) atoms. The summed E-state index contributed by atoms with van der Waals surface area (Å²) < 4.78 is 10.0. The van der Waals surface area contributed by atoms with Gasteiger partial charge in [-0.05, 0) is 50.1 Å². The minimum absolute atomic E-state index is 0.108. The monoisotopic (exact) mass is 400 g/mol. The molecule has 0 saturated carbocycles. The summed E-state index contributed by atoms with van der Waals surface area (Å²) >= 11 is 1.24. The first-order valence-electron chi connectivity index (χ1n) is 8.39. The normalized spacial score (nSPS) is 10.9. The fourth-order valence-corrected chi connectivity index (χ4v) is 3.49. The van der Waals surface area contributed by atoms with Gasteiger partial charge in [0.05, 0.1) is 19.3 Å². The van der Waals surface area contributed by atoms with Crippen molar-refractivity contribution in [1.29, 1.82) is 5.26 Å². The molecule has 1 amide bonds. The second-order valence-electron chi connectivity index (χ2n) is 5.76. The Hall–Kier alpha value is -3.31. The maximum Gasteiger partial charge on any atom is 0.341 e. The number of rotatable bonds is 6. The molecule has 2 N–H and O–H groups in total. The first-order valence-corrected chi connectivity index (χ1v) is 9.21. The van der Waals surface area contributed by atoms with Crippen LogP contribution in [-0.4, -0.2) is 30.7 Å². The molecule has 0 radical (unpaired) electrons. The van der Waals surface area contributed by atoms with E-state index < -0.39 is 11.9 Å². The number of hydrogen-bond donors (Lipinski definition) is 2. The Morgan fingerprint density at radius 2 is 2.07 bits per heavy atom. The highest BCUT2D eigenvalue weighted by molar-refractivity contribution is 7.16. The number of nitrogens with one attached hydrogen (secondary N) is 1. The van der Waals surface area contributed by atoms with E-state index in [-0.39, 0.29) is 29.2 Å². The van der Waals surface area contributed by atoms with E-state index in [4.69, 9.17) is 9.47 Å². The van der Waals surface area contributed by atoms with Crippen molar-refractivity contribution in [3.8, 4) is 17.6 Å². The van der Waals surface area contributed by atoms with Crippen molar-refractivity contribution < 1.29 is 24.2 Å². The van der Waals surface area contributed by atoms with Gasteiger partial charge < -0.3 is 19.9 Å². The van der Waals surface area contributed by atoms with Crippen LogP contribution in [0.5, 0.6) is 11.5 Å². The Kier molecular flexibility index (Phi) is 6.79. The zero-order chi connectivity index (χ0) is 20.8. The van der Waals surface area contributed by atoms with Gasteiger partial charge in [0.2, 0.25) is 0 Å². The average molecular weight is 400 g/mol. The molecule has 7 nitrogen and oxygen atoms in total. The van der Waals surface area contributed by atoms with E-state index in [1.807, 2.05) is 13.0 Å². The molecule has 0 spiro atoms. The van der Waals surface area contributed by atoms with E-state index in [2.05, 4.69) is 5.32 Å². The zero-order valence-corrected chi connectivity index (χ0v) is 16.8. The lowest BCUT2D eigenvalue weighted by atomic mass is 10.1. The predicted molar refractivity (Wildman–Crippen MR) is 107 cm³/mol. The molecule has 2 aromatic rings. The summed E-state index contributed by atoms with van der Waals surface area (Å²) in [5, 5.41) is 22.2. The molecule has 0 saturated heterocycles. The molecule has 0 aliphatic rings. The van der Waals surface area contributed by atoms with Gasteiger partial charge in [-0.2, -0.15) is 5.26 Å². The number of carbonyl (C=O) groups excluding carboxylic acids is 2. The number of phenolic OH excluding ortho intramolecular Hbond substituents is 1. The highest BCUT2D eigenvalue weighted by Gasteiger charge is 2.23. The van der Waals surface area contributed by atoms with Crippen molar-refractivity contribution in [2.75, 3.05) is 19.0 Å². The molecule has 0 aliphatic heterocycles. The van der Waals surface area contributed by atoms with Crippen molar-refractivity contribution in [3.63, 3.8) is 0 Å². The van der Waals surface area contributed by atoms with E-state index in [0.717, 1.165) is 10.4 Å². The molecule has 0 atom stereocenters. The van der Waals surface area contributed by atoms with Gasteiger partial charge in [-0.25, -0.2) is 4.79 Å². The molecule has 1 aromatic heterocycles. The number of phenols is 1. The highest BCUT2D eigenvalue weighted by atomic mass is 32.1. The lowest BCUT2D eigenvalue weighted by Gasteiger charge is -2.07. The summed E-state index contributed by atoms with van der Waals surface area (Å²) in [6.07, 6.45) is 1.34. The van der Waals surface area contributed by atoms with Gasteiger partial charge in [0.25, 0.3) is 5.91 Å². The van der Waals surface area contributed by atoms with Gasteiger partial charge in [0.15, 0.2) is 11.5 Å². The van der Waals surface area contributed by atoms with Gasteiger partial charge in [0, 0.05) is 4.88 Å². The highest BCUT2D eigenvalue weighted by Crippen LogP contribution is 2.33. The van der Waals surface area contributed by atoms with Crippen LogP contribution in [0.1, 0.15) is 33.3 Å². The standard InChI is InChI=1S/C20H20N2O5S/c1-5-27-20(25)17-11(2)12(3)28-19(17)22-18(24)14(10-21)8-13-6-7-16(26-4)15(23)9-13/h6-9,23H,5H2,1-4H3,(H,22,24)/b14-8+. The molecule has 8 heteroatoms. The van der Waals surface area contributed by atoms with Crippen molar-refractivity contribution in [2.24, 2.45) is 0 Å². The number of benzene rings is 1. The van der Waals surface area contributed by atoms with Crippen LogP contribution >= 0.6 is 11.3 Å². The van der Waals surface area contributed by atoms with Crippen molar-refractivity contribution in [2.45, 2.75) is 20.8 Å². The van der Waals surface area contributed by atoms with Gasteiger partial charge in [-0.3, -0.25) is 4.79 Å². The van der Waals surface area contributed by atoms with E-state index in [0.29, 0.717) is 10.6 Å². The quantitative estimate of drug-likeness (QED) is 0.434. The maximum atomic E-state index is 12.6. The topological polar surface area (TPSA) is 109 Å². The zero-order valence-electron chi connectivity index (χ0n) is 16.0. The smallest absolute Gasteiger partial charge is 0.341 e. The molecule has 146 valence electrons. The number of aryl methyl sites for hydroxylation is 1. The number of nitrogens with zero attached hydrogens (tertiary/aromatic N) is 1. The summed E-state index contributed by atoms with van der Waals surface area (Å²) in [4.78, 5) is 25.7. The first-order chi connectivity index (χ1) is 13.3. The number of hydrogen-bond acceptors (Lipinski definition) is 7. The lowest BCUT2D eigenvalue weighted by Crippen LogP contribution is -2.16. The number of carbonyl (C=O) groups is 2. The van der Waals surface area contributed by atoms with Crippen LogP contribution in [0.15, 0.2) is 23.8 Å². The molecule has 0 bridgehead atoms. The third-order valence-corrected chi connectivity index (χ3v) is 5.09. The van der Waals surface area contributed by atoms with Crippen molar-refractivity contribution in [1.82, 2.24) is 0 Å². The molecule has 2 rings (SSSR count). The van der Waals surface area contributed by atoms with Crippen LogP contribution in [0.3, 0.4) is 0 Å². The molecular formula is C20H20N2O5S. The molecular weight excluding hydrogens is 380 g/mol. The third-order valence-electron chi connectivity index (χ3n) is 3.97. The van der Waals surface area contributed by atoms with E-state index in [1.165, 1.54) is 36.7 Å². The van der Waals surface area contributed by atoms with E-state index >= 15 is 0 Å². The predicted octanol–water partition coefficient (Wildman–Crippen LogP) is 3.80. The molecule has 0 fully saturated rings. The Morgan fingerprint density at radius 1 is 1.36 bits per heavy atom. The number of amides is 1. The number of thiophene rings is 1. The lowest BCUT2D eigenvalue weighted by molar-refractivity contribution is -0.112. The Labute approximate surface area is 166 Å². The summed E-state index contributed by atoms with van der Waals surface area (Å²) in [5.74, 6) is -1.02. The van der Waals surface area contributed by atoms with Crippen LogP contribution < -0.4 is 10.1 Å². The fraction of sp³-hybridized carbons (Fsp3) is 0.250. The van der Waals surface area contributed by atoms with Crippen LogP contribution in [0, 0.1) is 25.2 Å². The van der Waals surface area contributed by atoms with Crippen molar-refractivity contribution in [3.05, 3.63) is 45.3 Å². The summed E-state index contributed by atoms with van der Waals surface area (Å²) in [5.41, 5.74) is 1.29. The number of anilines is 1. The average Bonchev–Trinajstić information content (AvgIpc) is 2.93. The van der Waals surface area contributed by atoms with Crippen LogP contribution in [0.25, 0.3) is 6.08 Å². The third kappa shape index (κ3) is 4.50. The van der Waals surface area contributed by atoms with E-state index in [1.54, 1.807) is 19.9 Å². The second kappa shape index (κ2) is 9.06. The first kappa shape index (κ1) is 21.0. The maximum absolute atomic E-state index is 12.6. The van der Waals surface area contributed by atoms with Crippen LogP contribution in [0.2, 0.25) is 0 Å². The fourth-order valence-electron chi connectivity index (χ4n) is 2.45. The van der Waals surface area contributed by atoms with Gasteiger partial charge in [0.1, 0.15) is 16.6 Å². The molecule has 0 unspecified atom stereocenters. The summed E-state index contributed by atoms with van der Waals surface area (Å²) in [6.45, 7) is 5.52. The Bertz CT molecular complexity index is 985. The number of nitriles is 1. The molecule has 1 aromatic carbocycles. The number of esters is 1. The van der Waals surface area contributed by atoms with Crippen molar-refractivity contribution >= 4 is 34.3 Å². The van der Waals surface area contributed by atoms with Crippen LogP contribution in [-0.2, 0) is 9.53 Å². The summed E-state index contributed by atoms with van der Waals surface area (Å²) in [6, 6.07) is 6.35. The number of methoxy groups -OCH3 is 1. The molecule has 1 heterocycles. The number of ether oxygens (including phenoxy) is 2. The number of aromatic hydroxyl groups is 1. The largest absolute Gasteiger partial charge is 0.504 e. The Morgan fingerprint density at radius 3 is 2.64 bits per heavy atom. The summed E-state index contributed by atoms with van der Waals surface area (Å²) in [7, 11) is 1.42. The van der Waals surface area contributed by atoms with Gasteiger partial charge in [-0.1, -0.05) is 6.07 Å². The van der Waals surface area contributed by atoms with Crippen LogP contribution in [0.4, 0.5) is 5.00 Å². The molecule has 0 aliphatic carbocycles. The second-order valence-corrected chi connectivity index (χ2v) is 6.99. The van der Waals surface area contributed by atoms with Gasteiger partial charge in [-0.15, -0.1) is 11.3 Å². The Balaban J connectivity index is 2.33. The van der Waals surface area contributed by atoms with E-state index in [9.17, 15) is 20.0 Å². The SMILES string of the molecule is CCOC(=O)c1c(NC(=O)/C(C#N)=C/c2ccc(OC)c(O)c2)sc(C)c1C. The minimum Gasteiger partial charge on any atom is -0.504 e. The van der Waals surface area contributed by atoms with Gasteiger partial charge >= 0.3 is 5.97 Å². The minimum atomic E-state index is -0.662.